The number of aliphatic hydroxyl groups excluding tert-OH is 1. The third-order valence-corrected chi connectivity index (χ3v) is 4.26. The first-order valence-electron chi connectivity index (χ1n) is 10.2. The van der Waals surface area contributed by atoms with Crippen molar-refractivity contribution >= 4 is 35.8 Å². The Bertz CT molecular complexity index is 858. The van der Waals surface area contributed by atoms with Gasteiger partial charge >= 0.3 is 0 Å². The van der Waals surface area contributed by atoms with E-state index in [9.17, 15) is 9.90 Å². The monoisotopic (exact) mass is 540 g/mol. The highest BCUT2D eigenvalue weighted by Gasteiger charge is 2.10. The second-order valence-corrected chi connectivity index (χ2v) is 7.11. The normalized spacial score (nSPS) is 12.0. The van der Waals surface area contributed by atoms with E-state index in [1.165, 1.54) is 0 Å². The van der Waals surface area contributed by atoms with Gasteiger partial charge in [0.1, 0.15) is 5.75 Å². The molecule has 31 heavy (non-hydrogen) atoms. The summed E-state index contributed by atoms with van der Waals surface area (Å²) in [6.07, 6.45) is -0.633. The lowest BCUT2D eigenvalue weighted by molar-refractivity contribution is 0.0963. The van der Waals surface area contributed by atoms with Gasteiger partial charge in [0.15, 0.2) is 5.96 Å². The molecule has 2 aromatic carbocycles. The lowest BCUT2D eigenvalue weighted by Gasteiger charge is -2.17. The van der Waals surface area contributed by atoms with E-state index < -0.39 is 6.10 Å². The molecule has 1 atom stereocenters. The van der Waals surface area contributed by atoms with Gasteiger partial charge in [0, 0.05) is 25.7 Å². The summed E-state index contributed by atoms with van der Waals surface area (Å²) in [5, 5.41) is 19.5. The first-order valence-corrected chi connectivity index (χ1v) is 10.2. The van der Waals surface area contributed by atoms with Gasteiger partial charge in [0.2, 0.25) is 0 Å². The number of carbonyl (C=O) groups is 1. The lowest BCUT2D eigenvalue weighted by atomic mass is 10.1. The van der Waals surface area contributed by atoms with E-state index in [1.54, 1.807) is 13.1 Å². The Hall–Kier alpha value is -2.33. The average Bonchev–Trinajstić information content (AvgIpc) is 2.74. The van der Waals surface area contributed by atoms with E-state index in [2.05, 4.69) is 20.9 Å². The molecular formula is C23H33IN4O3. The molecule has 0 saturated carbocycles. The number of guanidine groups is 1. The predicted molar refractivity (Wildman–Crippen MR) is 135 cm³/mol. The van der Waals surface area contributed by atoms with Crippen molar-refractivity contribution in [2.24, 2.45) is 4.99 Å². The topological polar surface area (TPSA) is 95.0 Å². The Kier molecular flexibility index (Phi) is 11.9. The maximum atomic E-state index is 11.8. The van der Waals surface area contributed by atoms with E-state index in [0.29, 0.717) is 31.2 Å². The molecule has 0 aliphatic heterocycles. The van der Waals surface area contributed by atoms with Gasteiger partial charge in [-0.3, -0.25) is 4.79 Å². The van der Waals surface area contributed by atoms with Crippen molar-refractivity contribution in [2.75, 3.05) is 20.1 Å². The summed E-state index contributed by atoms with van der Waals surface area (Å²) in [7, 11) is 1.61. The summed E-state index contributed by atoms with van der Waals surface area (Å²) in [5.41, 5.74) is 2.30. The largest absolute Gasteiger partial charge is 0.491 e. The fourth-order valence-electron chi connectivity index (χ4n) is 2.85. The Balaban J connectivity index is 0.00000480. The fourth-order valence-corrected chi connectivity index (χ4v) is 2.85. The van der Waals surface area contributed by atoms with Gasteiger partial charge in [-0.05, 0) is 56.2 Å². The molecule has 1 amide bonds. The van der Waals surface area contributed by atoms with Crippen LogP contribution in [0.15, 0.2) is 53.5 Å². The molecule has 0 aromatic heterocycles. The number of carbonyl (C=O) groups excluding carboxylic acids is 1. The number of rotatable bonds is 9. The number of ether oxygens (including phenoxy) is 1. The molecule has 4 N–H and O–H groups in total. The van der Waals surface area contributed by atoms with Crippen molar-refractivity contribution in [3.05, 3.63) is 65.2 Å². The summed E-state index contributed by atoms with van der Waals surface area (Å²) in [4.78, 5) is 16.4. The van der Waals surface area contributed by atoms with E-state index >= 15 is 0 Å². The number of nitrogens with zero attached hydrogens (tertiary/aromatic N) is 1. The molecule has 0 bridgehead atoms. The van der Waals surface area contributed by atoms with E-state index in [0.717, 1.165) is 16.9 Å². The van der Waals surface area contributed by atoms with Crippen LogP contribution in [-0.2, 0) is 6.54 Å². The number of benzene rings is 2. The summed E-state index contributed by atoms with van der Waals surface area (Å²) in [5.74, 6) is 1.20. The van der Waals surface area contributed by atoms with Crippen LogP contribution >= 0.6 is 24.0 Å². The van der Waals surface area contributed by atoms with Crippen molar-refractivity contribution in [1.29, 1.82) is 0 Å². The number of nitrogens with one attached hydrogen (secondary N) is 3. The third-order valence-electron chi connectivity index (χ3n) is 4.26. The minimum atomic E-state index is -0.707. The van der Waals surface area contributed by atoms with E-state index in [-0.39, 0.29) is 36.0 Å². The smallest absolute Gasteiger partial charge is 0.251 e. The second-order valence-electron chi connectivity index (χ2n) is 7.11. The van der Waals surface area contributed by atoms with Crippen LogP contribution in [-0.4, -0.2) is 43.2 Å². The summed E-state index contributed by atoms with van der Waals surface area (Å²) >= 11 is 0. The van der Waals surface area contributed by atoms with Gasteiger partial charge in [-0.15, -0.1) is 24.0 Å². The molecular weight excluding hydrogens is 507 g/mol. The number of aliphatic imine (C=N–C) groups is 1. The van der Waals surface area contributed by atoms with Gasteiger partial charge in [-0.1, -0.05) is 24.3 Å². The number of halogens is 1. The molecule has 2 rings (SSSR count). The highest BCUT2D eigenvalue weighted by Crippen LogP contribution is 2.20. The van der Waals surface area contributed by atoms with Crippen molar-refractivity contribution in [1.82, 2.24) is 16.0 Å². The first kappa shape index (κ1) is 26.7. The van der Waals surface area contributed by atoms with Crippen molar-refractivity contribution in [3.63, 3.8) is 0 Å². The zero-order valence-electron chi connectivity index (χ0n) is 18.5. The maximum Gasteiger partial charge on any atom is 0.251 e. The van der Waals surface area contributed by atoms with E-state index in [4.69, 9.17) is 4.74 Å². The zero-order valence-corrected chi connectivity index (χ0v) is 20.8. The van der Waals surface area contributed by atoms with Crippen molar-refractivity contribution < 1.29 is 14.6 Å². The quantitative estimate of drug-likeness (QED) is 0.223. The maximum absolute atomic E-state index is 11.8. The van der Waals surface area contributed by atoms with E-state index in [1.807, 2.05) is 63.2 Å². The Morgan fingerprint density at radius 2 is 1.87 bits per heavy atom. The van der Waals surface area contributed by atoms with Gasteiger partial charge in [-0.2, -0.15) is 0 Å². The Morgan fingerprint density at radius 1 is 1.13 bits per heavy atom. The predicted octanol–water partition coefficient (Wildman–Crippen LogP) is 3.24. The summed E-state index contributed by atoms with van der Waals surface area (Å²) in [6.45, 7) is 7.32. The Morgan fingerprint density at radius 3 is 2.55 bits per heavy atom. The van der Waals surface area contributed by atoms with Crippen LogP contribution in [0.1, 0.15) is 48.4 Å². The molecule has 2 aromatic rings. The van der Waals surface area contributed by atoms with Crippen LogP contribution in [0.2, 0.25) is 0 Å². The first-order chi connectivity index (χ1) is 14.4. The lowest BCUT2D eigenvalue weighted by Crippen LogP contribution is -2.39. The molecule has 8 heteroatoms. The second kappa shape index (κ2) is 13.9. The fraction of sp³-hybridized carbons (Fsp3) is 0.391. The van der Waals surface area contributed by atoms with Crippen molar-refractivity contribution in [2.45, 2.75) is 39.5 Å². The van der Waals surface area contributed by atoms with Crippen LogP contribution in [0.25, 0.3) is 0 Å². The highest BCUT2D eigenvalue weighted by atomic mass is 127. The minimum Gasteiger partial charge on any atom is -0.491 e. The minimum absolute atomic E-state index is 0. The highest BCUT2D eigenvalue weighted by molar-refractivity contribution is 14.0. The molecule has 0 heterocycles. The Labute approximate surface area is 201 Å². The molecule has 0 saturated heterocycles. The summed E-state index contributed by atoms with van der Waals surface area (Å²) in [6, 6.07) is 14.8. The number of amides is 1. The zero-order chi connectivity index (χ0) is 21.9. The van der Waals surface area contributed by atoms with Gasteiger partial charge < -0.3 is 25.8 Å². The average molecular weight is 540 g/mol. The molecule has 7 nitrogen and oxygen atoms in total. The van der Waals surface area contributed by atoms with Crippen molar-refractivity contribution in [3.8, 4) is 5.75 Å². The molecule has 0 aliphatic carbocycles. The SMILES string of the molecule is CCNC(=NCc1cccc(C(=O)NC)c1)NCC(O)c1cccc(OC(C)C)c1.I. The van der Waals surface area contributed by atoms with Crippen LogP contribution < -0.4 is 20.7 Å². The molecule has 0 fully saturated rings. The van der Waals surface area contributed by atoms with Crippen LogP contribution in [0, 0.1) is 0 Å². The van der Waals surface area contributed by atoms with Gasteiger partial charge in [0.05, 0.1) is 18.8 Å². The summed E-state index contributed by atoms with van der Waals surface area (Å²) < 4.78 is 5.70. The van der Waals surface area contributed by atoms with Crippen LogP contribution in [0.4, 0.5) is 0 Å². The third kappa shape index (κ3) is 9.14. The number of hydrogen-bond donors (Lipinski definition) is 4. The molecule has 0 spiro atoms. The van der Waals surface area contributed by atoms with Crippen LogP contribution in [0.3, 0.4) is 0 Å². The molecule has 170 valence electrons. The molecule has 0 radical (unpaired) electrons. The standard InChI is InChI=1S/C23H32N4O3.HI/c1-5-25-23(26-14-17-8-6-10-19(12-17)22(29)24-4)27-15-21(28)18-9-7-11-20(13-18)30-16(2)3;/h6-13,16,21,28H,5,14-15H2,1-4H3,(H,24,29)(H2,25,26,27);1H. The van der Waals surface area contributed by atoms with Gasteiger partial charge in [-0.25, -0.2) is 4.99 Å². The van der Waals surface area contributed by atoms with Gasteiger partial charge in [0.25, 0.3) is 5.91 Å². The molecule has 1 unspecified atom stereocenters. The number of aliphatic hydroxyl groups is 1. The number of hydrogen-bond acceptors (Lipinski definition) is 4. The molecule has 0 aliphatic rings. The van der Waals surface area contributed by atoms with Crippen LogP contribution in [0.5, 0.6) is 5.75 Å².